The molecule has 1 atom stereocenters. The van der Waals surface area contributed by atoms with Crippen molar-refractivity contribution in [3.8, 4) is 0 Å². The molecule has 7 heteroatoms. The summed E-state index contributed by atoms with van der Waals surface area (Å²) in [7, 11) is 1.72. The van der Waals surface area contributed by atoms with Gasteiger partial charge < -0.3 is 5.73 Å². The Kier molecular flexibility index (Phi) is 3.26. The highest BCUT2D eigenvalue weighted by atomic mass is 16.1. The Hall–Kier alpha value is -2.54. The first-order valence-corrected chi connectivity index (χ1v) is 6.64. The highest BCUT2D eigenvalue weighted by molar-refractivity contribution is 5.72. The second-order valence-corrected chi connectivity index (χ2v) is 5.10. The van der Waals surface area contributed by atoms with Gasteiger partial charge in [0, 0.05) is 13.1 Å². The summed E-state index contributed by atoms with van der Waals surface area (Å²) in [5.74, 6) is 0. The molecule has 108 valence electrons. The molecular weight excluding hydrogens is 268 g/mol. The molecule has 0 aliphatic rings. The largest absolute Gasteiger partial charge is 0.322 e. The van der Waals surface area contributed by atoms with Crippen LogP contribution >= 0.6 is 0 Å². The van der Waals surface area contributed by atoms with E-state index in [1.165, 1.54) is 21.1 Å². The van der Waals surface area contributed by atoms with E-state index in [-0.39, 0.29) is 18.1 Å². The number of nitrogens with zero attached hydrogens (tertiary/aromatic N) is 5. The van der Waals surface area contributed by atoms with Crippen molar-refractivity contribution in [3.05, 3.63) is 51.9 Å². The number of aromatic nitrogens is 5. The van der Waals surface area contributed by atoms with Crippen molar-refractivity contribution in [1.29, 1.82) is 0 Å². The molecule has 0 fully saturated rings. The average Bonchev–Trinajstić information content (AvgIpc) is 2.85. The van der Waals surface area contributed by atoms with Gasteiger partial charge in [0.15, 0.2) is 5.65 Å². The Morgan fingerprint density at radius 3 is 2.71 bits per heavy atom. The van der Waals surface area contributed by atoms with Crippen molar-refractivity contribution < 1.29 is 0 Å². The normalized spacial score (nSPS) is 12.7. The summed E-state index contributed by atoms with van der Waals surface area (Å²) in [6.45, 7) is 2.29. The summed E-state index contributed by atoms with van der Waals surface area (Å²) in [5.41, 5.74) is 8.52. The number of benzene rings is 1. The smallest absolute Gasteiger partial charge is 0.280 e. The molecule has 0 aliphatic carbocycles. The van der Waals surface area contributed by atoms with E-state index < -0.39 is 0 Å². The number of hydrogen-bond acceptors (Lipinski definition) is 5. The SMILES string of the molecule is Cc1ccc(C(N)Cn2nnc3c(cnn3C)c2=O)cc1. The van der Waals surface area contributed by atoms with Crippen LogP contribution in [0.15, 0.2) is 35.3 Å². The molecule has 0 radical (unpaired) electrons. The van der Waals surface area contributed by atoms with Gasteiger partial charge in [-0.15, -0.1) is 5.10 Å². The summed E-state index contributed by atoms with van der Waals surface area (Å²) in [4.78, 5) is 12.3. The molecule has 1 aromatic carbocycles. The van der Waals surface area contributed by atoms with E-state index in [0.29, 0.717) is 11.0 Å². The van der Waals surface area contributed by atoms with Crippen LogP contribution in [0.2, 0.25) is 0 Å². The van der Waals surface area contributed by atoms with Crippen molar-refractivity contribution in [2.45, 2.75) is 19.5 Å². The van der Waals surface area contributed by atoms with Crippen molar-refractivity contribution in [2.75, 3.05) is 0 Å². The van der Waals surface area contributed by atoms with Crippen LogP contribution in [0, 0.1) is 6.92 Å². The summed E-state index contributed by atoms with van der Waals surface area (Å²) >= 11 is 0. The number of rotatable bonds is 3. The zero-order chi connectivity index (χ0) is 15.0. The van der Waals surface area contributed by atoms with Gasteiger partial charge in [0.2, 0.25) is 0 Å². The first-order valence-electron chi connectivity index (χ1n) is 6.64. The van der Waals surface area contributed by atoms with Gasteiger partial charge in [-0.2, -0.15) is 5.10 Å². The lowest BCUT2D eigenvalue weighted by molar-refractivity contribution is 0.484. The molecule has 0 saturated carbocycles. The Bertz CT molecular complexity index is 833. The molecule has 2 N–H and O–H groups in total. The predicted molar refractivity (Wildman–Crippen MR) is 78.7 cm³/mol. The number of nitrogens with two attached hydrogens (primary N) is 1. The Morgan fingerprint density at radius 1 is 1.29 bits per heavy atom. The van der Waals surface area contributed by atoms with Crippen LogP contribution in [0.25, 0.3) is 11.0 Å². The molecule has 0 bridgehead atoms. The zero-order valence-electron chi connectivity index (χ0n) is 11.9. The van der Waals surface area contributed by atoms with Gasteiger partial charge in [-0.1, -0.05) is 35.0 Å². The Morgan fingerprint density at radius 2 is 2.00 bits per heavy atom. The fourth-order valence-electron chi connectivity index (χ4n) is 2.20. The van der Waals surface area contributed by atoms with Gasteiger partial charge in [-0.3, -0.25) is 4.79 Å². The van der Waals surface area contributed by atoms with Crippen LogP contribution in [-0.4, -0.2) is 24.8 Å². The molecule has 2 heterocycles. The van der Waals surface area contributed by atoms with Gasteiger partial charge >= 0.3 is 0 Å². The average molecular weight is 284 g/mol. The lowest BCUT2D eigenvalue weighted by Crippen LogP contribution is -2.29. The summed E-state index contributed by atoms with van der Waals surface area (Å²) in [6, 6.07) is 7.59. The topological polar surface area (TPSA) is 91.6 Å². The summed E-state index contributed by atoms with van der Waals surface area (Å²) in [6.07, 6.45) is 1.50. The highest BCUT2D eigenvalue weighted by Gasteiger charge is 2.13. The van der Waals surface area contributed by atoms with E-state index in [1.807, 2.05) is 31.2 Å². The molecule has 0 saturated heterocycles. The fraction of sp³-hybridized carbons (Fsp3) is 0.286. The van der Waals surface area contributed by atoms with Crippen LogP contribution in [0.3, 0.4) is 0 Å². The third-order valence-electron chi connectivity index (χ3n) is 3.49. The number of aryl methyl sites for hydroxylation is 2. The van der Waals surface area contributed by atoms with E-state index in [9.17, 15) is 4.79 Å². The standard InChI is InChI=1S/C14H16N6O/c1-9-3-5-10(6-4-9)12(15)8-20-14(21)11-7-16-19(2)13(11)17-18-20/h3-7,12H,8,15H2,1-2H3. The molecular formula is C14H16N6O. The third-order valence-corrected chi connectivity index (χ3v) is 3.49. The minimum absolute atomic E-state index is 0.226. The van der Waals surface area contributed by atoms with Gasteiger partial charge in [-0.25, -0.2) is 9.36 Å². The quantitative estimate of drug-likeness (QED) is 0.757. The van der Waals surface area contributed by atoms with E-state index in [0.717, 1.165) is 5.56 Å². The summed E-state index contributed by atoms with van der Waals surface area (Å²) in [5, 5.41) is 12.4. The first kappa shape index (κ1) is 13.4. The molecule has 7 nitrogen and oxygen atoms in total. The lowest BCUT2D eigenvalue weighted by Gasteiger charge is -2.12. The van der Waals surface area contributed by atoms with E-state index in [4.69, 9.17) is 5.73 Å². The van der Waals surface area contributed by atoms with Gasteiger partial charge in [0.1, 0.15) is 5.39 Å². The summed E-state index contributed by atoms with van der Waals surface area (Å²) < 4.78 is 2.81. The number of hydrogen-bond donors (Lipinski definition) is 1. The second kappa shape index (κ2) is 5.10. The van der Waals surface area contributed by atoms with Crippen LogP contribution in [-0.2, 0) is 13.6 Å². The maximum absolute atomic E-state index is 12.3. The van der Waals surface area contributed by atoms with Crippen LogP contribution in [0.1, 0.15) is 17.2 Å². The van der Waals surface area contributed by atoms with Gasteiger partial charge in [0.25, 0.3) is 5.56 Å². The van der Waals surface area contributed by atoms with Gasteiger partial charge in [0.05, 0.1) is 12.7 Å². The second-order valence-electron chi connectivity index (χ2n) is 5.10. The Balaban J connectivity index is 1.92. The lowest BCUT2D eigenvalue weighted by atomic mass is 10.1. The Labute approximate surface area is 121 Å². The predicted octanol–water partition coefficient (Wildman–Crippen LogP) is 0.533. The molecule has 1 unspecified atom stereocenters. The van der Waals surface area contributed by atoms with Crippen LogP contribution in [0.4, 0.5) is 0 Å². The molecule has 2 aromatic heterocycles. The van der Waals surface area contributed by atoms with Crippen LogP contribution < -0.4 is 11.3 Å². The molecule has 0 amide bonds. The van der Waals surface area contributed by atoms with Crippen molar-refractivity contribution in [1.82, 2.24) is 24.8 Å². The van der Waals surface area contributed by atoms with E-state index in [2.05, 4.69) is 15.4 Å². The maximum atomic E-state index is 12.3. The molecule has 21 heavy (non-hydrogen) atoms. The molecule has 0 spiro atoms. The molecule has 3 rings (SSSR count). The maximum Gasteiger partial charge on any atom is 0.280 e. The highest BCUT2D eigenvalue weighted by Crippen LogP contribution is 2.12. The van der Waals surface area contributed by atoms with Crippen LogP contribution in [0.5, 0.6) is 0 Å². The van der Waals surface area contributed by atoms with E-state index in [1.54, 1.807) is 7.05 Å². The number of fused-ring (bicyclic) bond motifs is 1. The van der Waals surface area contributed by atoms with E-state index >= 15 is 0 Å². The minimum atomic E-state index is -0.313. The van der Waals surface area contributed by atoms with Crippen molar-refractivity contribution in [3.63, 3.8) is 0 Å². The molecule has 3 aromatic rings. The fourth-order valence-corrected chi connectivity index (χ4v) is 2.20. The van der Waals surface area contributed by atoms with Gasteiger partial charge in [-0.05, 0) is 12.5 Å². The first-order chi connectivity index (χ1) is 10.1. The molecule has 0 aliphatic heterocycles. The van der Waals surface area contributed by atoms with Crippen molar-refractivity contribution >= 4 is 11.0 Å². The third kappa shape index (κ3) is 2.43. The van der Waals surface area contributed by atoms with Crippen molar-refractivity contribution in [2.24, 2.45) is 12.8 Å². The monoisotopic (exact) mass is 284 g/mol. The minimum Gasteiger partial charge on any atom is -0.322 e. The zero-order valence-corrected chi connectivity index (χ0v) is 11.9.